The highest BCUT2D eigenvalue weighted by Gasteiger charge is 2.27. The zero-order valence-corrected chi connectivity index (χ0v) is 11.7. The fourth-order valence-corrected chi connectivity index (χ4v) is 2.80. The van der Waals surface area contributed by atoms with E-state index in [0.717, 1.165) is 25.2 Å². The van der Waals surface area contributed by atoms with Gasteiger partial charge in [0, 0.05) is 19.1 Å². The maximum atomic E-state index is 9.47. The molecule has 1 fully saturated rings. The molecule has 3 nitrogen and oxygen atoms in total. The van der Waals surface area contributed by atoms with Gasteiger partial charge in [0.05, 0.1) is 0 Å². The smallest absolute Gasteiger partial charge is 0.115 e. The molecule has 0 saturated carbocycles. The molecule has 1 aliphatic heterocycles. The number of phenols is 1. The van der Waals surface area contributed by atoms with Crippen molar-refractivity contribution in [2.45, 2.75) is 32.4 Å². The van der Waals surface area contributed by atoms with E-state index in [2.05, 4.69) is 17.9 Å². The van der Waals surface area contributed by atoms with E-state index in [0.29, 0.717) is 17.7 Å². The number of hydrogen-bond acceptors (Lipinski definition) is 3. The molecule has 0 bridgehead atoms. The van der Waals surface area contributed by atoms with Crippen LogP contribution in [0.15, 0.2) is 24.3 Å². The summed E-state index contributed by atoms with van der Waals surface area (Å²) in [7, 11) is 0. The maximum absolute atomic E-state index is 9.47. The van der Waals surface area contributed by atoms with Crippen LogP contribution in [0.1, 0.15) is 25.3 Å². The summed E-state index contributed by atoms with van der Waals surface area (Å²) in [5.74, 6) is 1.02. The number of nitrogens with two attached hydrogens (primary N) is 1. The van der Waals surface area contributed by atoms with Crippen molar-refractivity contribution in [1.82, 2.24) is 4.90 Å². The molecule has 0 aromatic heterocycles. The summed E-state index contributed by atoms with van der Waals surface area (Å²) in [6.07, 6.45) is 2.52. The minimum atomic E-state index is 0. The lowest BCUT2D eigenvalue weighted by molar-refractivity contribution is 0.0990. The first-order valence-corrected chi connectivity index (χ1v) is 6.42. The van der Waals surface area contributed by atoms with E-state index >= 15 is 0 Å². The third-order valence-corrected chi connectivity index (χ3v) is 3.77. The molecule has 1 aromatic carbocycles. The first kappa shape index (κ1) is 15.3. The van der Waals surface area contributed by atoms with Gasteiger partial charge in [-0.1, -0.05) is 19.1 Å². The summed E-state index contributed by atoms with van der Waals surface area (Å²) in [5, 5.41) is 9.47. The second-order valence-electron chi connectivity index (χ2n) is 5.06. The lowest BCUT2D eigenvalue weighted by Crippen LogP contribution is -2.47. The minimum Gasteiger partial charge on any atom is -0.508 e. The monoisotopic (exact) mass is 270 g/mol. The topological polar surface area (TPSA) is 49.5 Å². The number of benzene rings is 1. The Hall–Kier alpha value is -0.770. The molecule has 0 spiro atoms. The lowest BCUT2D eigenvalue weighted by Gasteiger charge is -2.39. The van der Waals surface area contributed by atoms with Gasteiger partial charge in [-0.15, -0.1) is 12.4 Å². The average Bonchev–Trinajstić information content (AvgIpc) is 2.29. The number of hydrogen-bond donors (Lipinski definition) is 2. The van der Waals surface area contributed by atoms with Crippen LogP contribution in [-0.2, 0) is 6.54 Å². The van der Waals surface area contributed by atoms with Crippen molar-refractivity contribution in [1.29, 1.82) is 0 Å². The SMILES string of the molecule is CC1CCCN(Cc2cccc(O)c2)C1CN.Cl. The van der Waals surface area contributed by atoms with E-state index < -0.39 is 0 Å². The van der Waals surface area contributed by atoms with E-state index in [-0.39, 0.29) is 12.4 Å². The zero-order valence-electron chi connectivity index (χ0n) is 10.9. The van der Waals surface area contributed by atoms with Gasteiger partial charge in [-0.25, -0.2) is 0 Å². The van der Waals surface area contributed by atoms with Gasteiger partial charge in [0.15, 0.2) is 0 Å². The Balaban J connectivity index is 0.00000162. The summed E-state index contributed by atoms with van der Waals surface area (Å²) in [4.78, 5) is 2.45. The summed E-state index contributed by atoms with van der Waals surface area (Å²) >= 11 is 0. The van der Waals surface area contributed by atoms with E-state index in [1.165, 1.54) is 12.8 Å². The maximum Gasteiger partial charge on any atom is 0.115 e. The Morgan fingerprint density at radius 3 is 2.89 bits per heavy atom. The molecule has 18 heavy (non-hydrogen) atoms. The van der Waals surface area contributed by atoms with Crippen LogP contribution >= 0.6 is 12.4 Å². The van der Waals surface area contributed by atoms with Gasteiger partial charge in [0.1, 0.15) is 5.75 Å². The van der Waals surface area contributed by atoms with Gasteiger partial charge >= 0.3 is 0 Å². The van der Waals surface area contributed by atoms with Gasteiger partial charge in [0.2, 0.25) is 0 Å². The Labute approximate surface area is 115 Å². The number of nitrogens with zero attached hydrogens (tertiary/aromatic N) is 1. The van der Waals surface area contributed by atoms with Crippen molar-refractivity contribution in [2.24, 2.45) is 11.7 Å². The van der Waals surface area contributed by atoms with Gasteiger partial charge in [-0.2, -0.15) is 0 Å². The second kappa shape index (κ2) is 6.98. The molecule has 0 amide bonds. The van der Waals surface area contributed by atoms with Crippen molar-refractivity contribution in [3.05, 3.63) is 29.8 Å². The average molecular weight is 271 g/mol. The van der Waals surface area contributed by atoms with Crippen molar-refractivity contribution in [2.75, 3.05) is 13.1 Å². The molecule has 3 N–H and O–H groups in total. The molecule has 1 aromatic rings. The first-order valence-electron chi connectivity index (χ1n) is 6.42. The second-order valence-corrected chi connectivity index (χ2v) is 5.06. The molecule has 2 rings (SSSR count). The summed E-state index contributed by atoms with van der Waals surface area (Å²) in [6.45, 7) is 5.01. The van der Waals surface area contributed by atoms with E-state index in [1.54, 1.807) is 6.07 Å². The Morgan fingerprint density at radius 2 is 2.22 bits per heavy atom. The number of likely N-dealkylation sites (tertiary alicyclic amines) is 1. The number of aromatic hydroxyl groups is 1. The molecule has 0 aliphatic carbocycles. The van der Waals surface area contributed by atoms with Crippen LogP contribution in [0.4, 0.5) is 0 Å². The summed E-state index contributed by atoms with van der Waals surface area (Å²) < 4.78 is 0. The van der Waals surface area contributed by atoms with Crippen molar-refractivity contribution in [3.63, 3.8) is 0 Å². The van der Waals surface area contributed by atoms with Crippen LogP contribution < -0.4 is 5.73 Å². The van der Waals surface area contributed by atoms with Crippen LogP contribution in [0, 0.1) is 5.92 Å². The van der Waals surface area contributed by atoms with Gasteiger partial charge < -0.3 is 10.8 Å². The standard InChI is InChI=1S/C14H22N2O.ClH/c1-11-4-3-7-16(14(11)9-15)10-12-5-2-6-13(17)8-12;/h2,5-6,8,11,14,17H,3-4,7,9-10,15H2,1H3;1H. The molecule has 2 unspecified atom stereocenters. The number of rotatable bonds is 3. The van der Waals surface area contributed by atoms with Crippen molar-refractivity contribution in [3.8, 4) is 5.75 Å². The van der Waals surface area contributed by atoms with Crippen LogP contribution in [0.5, 0.6) is 5.75 Å². The Morgan fingerprint density at radius 1 is 1.44 bits per heavy atom. The third-order valence-electron chi connectivity index (χ3n) is 3.77. The molecule has 0 radical (unpaired) electrons. The highest BCUT2D eigenvalue weighted by Crippen LogP contribution is 2.24. The zero-order chi connectivity index (χ0) is 12.3. The third kappa shape index (κ3) is 3.61. The number of halogens is 1. The Kier molecular flexibility index (Phi) is 5.93. The molecule has 2 atom stereocenters. The fraction of sp³-hybridized carbons (Fsp3) is 0.571. The van der Waals surface area contributed by atoms with Gasteiger partial charge in [-0.05, 0) is 43.0 Å². The first-order chi connectivity index (χ1) is 8.20. The molecule has 1 heterocycles. The molecule has 4 heteroatoms. The quantitative estimate of drug-likeness (QED) is 0.887. The molecular formula is C14H23ClN2O. The molecule has 102 valence electrons. The Bertz CT molecular complexity index is 373. The van der Waals surface area contributed by atoms with Crippen LogP contribution in [0.2, 0.25) is 0 Å². The highest BCUT2D eigenvalue weighted by atomic mass is 35.5. The highest BCUT2D eigenvalue weighted by molar-refractivity contribution is 5.85. The van der Waals surface area contributed by atoms with E-state index in [1.807, 2.05) is 12.1 Å². The fourth-order valence-electron chi connectivity index (χ4n) is 2.80. The summed E-state index contributed by atoms with van der Waals surface area (Å²) in [5.41, 5.74) is 7.04. The van der Waals surface area contributed by atoms with E-state index in [4.69, 9.17) is 5.73 Å². The van der Waals surface area contributed by atoms with Crippen molar-refractivity contribution < 1.29 is 5.11 Å². The largest absolute Gasteiger partial charge is 0.508 e. The predicted octanol–water partition coefficient (Wildman–Crippen LogP) is 2.37. The van der Waals surface area contributed by atoms with Gasteiger partial charge in [0.25, 0.3) is 0 Å². The normalized spacial score (nSPS) is 24.6. The summed E-state index contributed by atoms with van der Waals surface area (Å²) in [6, 6.07) is 7.99. The van der Waals surface area contributed by atoms with Crippen LogP contribution in [0.3, 0.4) is 0 Å². The molecule has 1 saturated heterocycles. The van der Waals surface area contributed by atoms with Crippen LogP contribution in [0.25, 0.3) is 0 Å². The number of piperidine rings is 1. The molecular weight excluding hydrogens is 248 g/mol. The minimum absolute atomic E-state index is 0. The lowest BCUT2D eigenvalue weighted by atomic mass is 9.90. The predicted molar refractivity (Wildman–Crippen MR) is 77.0 cm³/mol. The van der Waals surface area contributed by atoms with E-state index in [9.17, 15) is 5.11 Å². The van der Waals surface area contributed by atoms with Gasteiger partial charge in [-0.3, -0.25) is 4.90 Å². The van der Waals surface area contributed by atoms with Crippen molar-refractivity contribution >= 4 is 12.4 Å². The number of phenolic OH excluding ortho intramolecular Hbond substituents is 1. The van der Waals surface area contributed by atoms with Crippen LogP contribution in [-0.4, -0.2) is 29.1 Å². The molecule has 1 aliphatic rings.